The molecule has 4 saturated heterocycles. The van der Waals surface area contributed by atoms with Crippen LogP contribution in [0.5, 0.6) is 0 Å². The summed E-state index contributed by atoms with van der Waals surface area (Å²) < 4.78 is 60.0. The van der Waals surface area contributed by atoms with Crippen LogP contribution in [-0.2, 0) is 52.2 Å². The third-order valence-electron chi connectivity index (χ3n) is 11.1. The number of unbranched alkanes of at least 4 members (excludes halogenated alkanes) is 14. The number of hydrogen-bond acceptors (Lipinski definition) is 12. The number of carbonyl (C=O) groups excluding carboxylic acids is 1. The summed E-state index contributed by atoms with van der Waals surface area (Å²) in [7, 11) is 0. The van der Waals surface area contributed by atoms with Crippen LogP contribution in [-0.4, -0.2) is 112 Å². The molecule has 4 heterocycles. The third-order valence-corrected chi connectivity index (χ3v) is 11.1. The average molecular weight is 841 g/mol. The first kappa shape index (κ1) is 51.7. The zero-order chi connectivity index (χ0) is 43.1. The fraction of sp³-hybridized carbons (Fsp3) is 0.891. The van der Waals surface area contributed by atoms with E-state index in [9.17, 15) is 4.79 Å². The Morgan fingerprint density at radius 1 is 0.712 bits per heavy atom. The summed E-state index contributed by atoms with van der Waals surface area (Å²) in [6.07, 6.45) is 22.1. The van der Waals surface area contributed by atoms with Crippen molar-refractivity contribution in [3.05, 3.63) is 25.0 Å². The van der Waals surface area contributed by atoms with Crippen LogP contribution in [0.15, 0.2) is 25.0 Å². The van der Waals surface area contributed by atoms with Gasteiger partial charge in [0.1, 0.15) is 42.7 Å². The van der Waals surface area contributed by atoms with Crippen molar-refractivity contribution in [3.63, 3.8) is 0 Å². The van der Waals surface area contributed by atoms with Gasteiger partial charge in [-0.05, 0) is 47.5 Å². The Balaban J connectivity index is 0.000000317. The number of hydrogen-bond donors (Lipinski definition) is 2. The Labute approximate surface area is 357 Å². The van der Waals surface area contributed by atoms with Gasteiger partial charge in [-0.15, -0.1) is 6.58 Å². The summed E-state index contributed by atoms with van der Waals surface area (Å²) in [5.41, 5.74) is 6.44. The normalized spacial score (nSPS) is 31.1. The van der Waals surface area contributed by atoms with Gasteiger partial charge in [0.25, 0.3) is 0 Å². The number of rotatable bonds is 26. The Morgan fingerprint density at radius 3 is 1.64 bits per heavy atom. The molecule has 0 radical (unpaired) electrons. The van der Waals surface area contributed by atoms with Crippen LogP contribution in [0, 0.1) is 0 Å². The molecule has 0 unspecified atom stereocenters. The zero-order valence-corrected chi connectivity index (χ0v) is 38.1. The molecule has 0 aliphatic carbocycles. The van der Waals surface area contributed by atoms with E-state index in [4.69, 9.17) is 53.1 Å². The van der Waals surface area contributed by atoms with Gasteiger partial charge in [0.2, 0.25) is 12.2 Å². The fourth-order valence-corrected chi connectivity index (χ4v) is 7.96. The molecular weight excluding hydrogens is 757 g/mol. The molecular formula is C46H84N2O11. The van der Waals surface area contributed by atoms with Crippen LogP contribution in [0.1, 0.15) is 158 Å². The molecule has 4 rings (SSSR count). The first-order valence-electron chi connectivity index (χ1n) is 23.1. The van der Waals surface area contributed by atoms with Crippen molar-refractivity contribution in [1.82, 2.24) is 5.32 Å². The maximum absolute atomic E-state index is 11.9. The van der Waals surface area contributed by atoms with E-state index >= 15 is 0 Å². The highest BCUT2D eigenvalue weighted by atomic mass is 16.8. The summed E-state index contributed by atoms with van der Waals surface area (Å²) >= 11 is 0. The molecule has 0 bridgehead atoms. The molecule has 0 aromatic carbocycles. The highest BCUT2D eigenvalue weighted by Gasteiger charge is 2.53. The van der Waals surface area contributed by atoms with Crippen LogP contribution in [0.3, 0.4) is 0 Å². The molecule has 4 aliphatic rings. The van der Waals surface area contributed by atoms with Gasteiger partial charge in [0.15, 0.2) is 17.9 Å². The molecule has 0 saturated carbocycles. The van der Waals surface area contributed by atoms with E-state index in [1.165, 1.54) is 90.4 Å². The van der Waals surface area contributed by atoms with Crippen LogP contribution >= 0.6 is 0 Å². The van der Waals surface area contributed by atoms with Gasteiger partial charge in [-0.25, -0.2) is 0 Å². The highest BCUT2D eigenvalue weighted by molar-refractivity contribution is 5.73. The molecule has 13 nitrogen and oxygen atoms in total. The largest absolute Gasteiger partial charge is 0.471 e. The molecule has 344 valence electrons. The lowest BCUT2D eigenvalue weighted by Crippen LogP contribution is -2.69. The van der Waals surface area contributed by atoms with Crippen molar-refractivity contribution in [1.29, 1.82) is 0 Å². The number of nitrogens with two attached hydrogens (primary N) is 1. The zero-order valence-electron chi connectivity index (χ0n) is 38.1. The minimum atomic E-state index is -0.736. The molecule has 3 N–H and O–H groups in total. The molecule has 0 aromatic heterocycles. The summed E-state index contributed by atoms with van der Waals surface area (Å²) in [4.78, 5) is 11.9. The van der Waals surface area contributed by atoms with Gasteiger partial charge in [0, 0.05) is 20.1 Å². The number of carbonyl (C=O) groups is 1. The van der Waals surface area contributed by atoms with E-state index in [1.54, 1.807) is 12.3 Å². The van der Waals surface area contributed by atoms with Crippen LogP contribution in [0.2, 0.25) is 0 Å². The van der Waals surface area contributed by atoms with Gasteiger partial charge >= 0.3 is 0 Å². The van der Waals surface area contributed by atoms with Crippen molar-refractivity contribution in [3.8, 4) is 0 Å². The molecule has 4 aliphatic heterocycles. The van der Waals surface area contributed by atoms with E-state index in [-0.39, 0.29) is 42.5 Å². The molecule has 4 fully saturated rings. The van der Waals surface area contributed by atoms with Gasteiger partial charge in [-0.2, -0.15) is 0 Å². The summed E-state index contributed by atoms with van der Waals surface area (Å²) in [5.74, 6) is -1.56. The molecule has 59 heavy (non-hydrogen) atoms. The third kappa shape index (κ3) is 18.7. The number of fused-ring (bicyclic) bond motifs is 2. The summed E-state index contributed by atoms with van der Waals surface area (Å²) in [6.45, 7) is 21.6. The maximum atomic E-state index is 11.9. The van der Waals surface area contributed by atoms with Gasteiger partial charge in [-0.1, -0.05) is 116 Å². The Hall–Kier alpha value is -1.65. The van der Waals surface area contributed by atoms with E-state index in [0.29, 0.717) is 33.0 Å². The minimum absolute atomic E-state index is 0.161. The predicted octanol–water partition coefficient (Wildman–Crippen LogP) is 8.36. The smallest absolute Gasteiger partial charge is 0.217 e. The fourth-order valence-electron chi connectivity index (χ4n) is 7.96. The second-order valence-corrected chi connectivity index (χ2v) is 17.3. The standard InChI is InChI=1S/C24H43NO6.C22H41NO5/c1-6-8-9-10-11-12-13-14-16-27-22-20(25-18(3)26)23(28-15-7-2)30-19-17-29-24(4,5)31-21(19)22;1-5-7-8-9-10-11-12-13-15-24-20-18(23)21(25-14-6-2)27-17-16-26-22(3,4)28-19(17)20/h7,19-23H,2,6,8-17H2,1,3-5H3,(H,25,26);6,14,17-21H,5,7-13,15-16,23H2,1-4H3/b;14-6-/t19-,20-,21-,22-,23+;17-,18-,19-,20-,21+/m11/s1. The Bertz CT molecular complexity index is 1170. The van der Waals surface area contributed by atoms with E-state index in [0.717, 1.165) is 19.3 Å². The average Bonchev–Trinajstić information content (AvgIpc) is 3.19. The quantitative estimate of drug-likeness (QED) is 0.0490. The Morgan fingerprint density at radius 2 is 1.17 bits per heavy atom. The van der Waals surface area contributed by atoms with Gasteiger partial charge in [0.05, 0.1) is 32.1 Å². The van der Waals surface area contributed by atoms with Crippen molar-refractivity contribution in [2.45, 2.75) is 231 Å². The Kier molecular flexibility index (Phi) is 24.6. The van der Waals surface area contributed by atoms with Crippen LogP contribution in [0.25, 0.3) is 0 Å². The second kappa shape index (κ2) is 28.1. The molecule has 1 amide bonds. The predicted molar refractivity (Wildman–Crippen MR) is 229 cm³/mol. The molecule has 10 atom stereocenters. The molecule has 13 heteroatoms. The lowest BCUT2D eigenvalue weighted by Gasteiger charge is -2.51. The monoisotopic (exact) mass is 841 g/mol. The van der Waals surface area contributed by atoms with E-state index in [1.807, 2.05) is 40.7 Å². The van der Waals surface area contributed by atoms with E-state index in [2.05, 4.69) is 25.7 Å². The lowest BCUT2D eigenvalue weighted by molar-refractivity contribution is -0.371. The van der Waals surface area contributed by atoms with E-state index < -0.39 is 36.2 Å². The maximum Gasteiger partial charge on any atom is 0.217 e. The molecule has 0 spiro atoms. The summed E-state index contributed by atoms with van der Waals surface area (Å²) in [6, 6.07) is -0.887. The number of allylic oxidation sites excluding steroid dienone is 1. The molecule has 0 aromatic rings. The van der Waals surface area contributed by atoms with Crippen LogP contribution < -0.4 is 11.1 Å². The lowest BCUT2D eigenvalue weighted by atomic mass is 9.95. The van der Waals surface area contributed by atoms with Gasteiger partial charge in [-0.3, -0.25) is 4.79 Å². The van der Waals surface area contributed by atoms with Crippen molar-refractivity contribution in [2.75, 3.05) is 33.0 Å². The number of ether oxygens (including phenoxy) is 10. The van der Waals surface area contributed by atoms with Gasteiger partial charge < -0.3 is 58.4 Å². The first-order chi connectivity index (χ1) is 28.4. The van der Waals surface area contributed by atoms with Crippen molar-refractivity contribution >= 4 is 5.91 Å². The second-order valence-electron chi connectivity index (χ2n) is 17.3. The SMILES string of the molecule is C/C=C\O[C@H]1O[C@@H]2COC(C)(C)O[C@H]2[C@H](OCCCCCCCCCC)[C@H]1N.C=CCO[C@H]1O[C@@H]2COC(C)(C)O[C@H]2[C@H](OCCCCCCCCCC)[C@H]1NC(C)=O. The first-order valence-corrected chi connectivity index (χ1v) is 23.1. The minimum Gasteiger partial charge on any atom is -0.471 e. The van der Waals surface area contributed by atoms with Crippen molar-refractivity contribution < 1.29 is 52.2 Å². The number of nitrogens with one attached hydrogen (secondary N) is 1. The summed E-state index contributed by atoms with van der Waals surface area (Å²) in [5, 5.41) is 2.96. The highest BCUT2D eigenvalue weighted by Crippen LogP contribution is 2.36. The van der Waals surface area contributed by atoms with Crippen LogP contribution in [0.4, 0.5) is 0 Å². The topological polar surface area (TPSA) is 147 Å². The van der Waals surface area contributed by atoms with Crippen molar-refractivity contribution in [2.24, 2.45) is 5.73 Å². The number of amides is 1.